The molecule has 2 aromatic rings. The number of aliphatic imine (C=N–C) groups is 1. The van der Waals surface area contributed by atoms with Gasteiger partial charge >= 0.3 is 0 Å². The van der Waals surface area contributed by atoms with E-state index < -0.39 is 0 Å². The number of amides is 1. The number of hydrogen-bond acceptors (Lipinski definition) is 7. The summed E-state index contributed by atoms with van der Waals surface area (Å²) < 4.78 is 0. The summed E-state index contributed by atoms with van der Waals surface area (Å²) in [6, 6.07) is 12.1. The van der Waals surface area contributed by atoms with E-state index in [0.717, 1.165) is 60.5 Å². The summed E-state index contributed by atoms with van der Waals surface area (Å²) in [6.07, 6.45) is 9.83. The van der Waals surface area contributed by atoms with Gasteiger partial charge in [0.15, 0.2) is 0 Å². The summed E-state index contributed by atoms with van der Waals surface area (Å²) >= 11 is 0. The zero-order valence-electron chi connectivity index (χ0n) is 21.4. The fourth-order valence-electron chi connectivity index (χ4n) is 4.12. The monoisotopic (exact) mass is 488 g/mol. The average Bonchev–Trinajstić information content (AvgIpc) is 2.92. The molecule has 1 amide bonds. The van der Waals surface area contributed by atoms with Gasteiger partial charge in [-0.25, -0.2) is 4.98 Å². The molecule has 0 saturated carbocycles. The van der Waals surface area contributed by atoms with Crippen LogP contribution in [0.15, 0.2) is 59.7 Å². The van der Waals surface area contributed by atoms with Gasteiger partial charge in [-0.15, -0.1) is 0 Å². The number of aromatic nitrogens is 1. The van der Waals surface area contributed by atoms with Crippen molar-refractivity contribution in [2.24, 2.45) is 10.7 Å². The van der Waals surface area contributed by atoms with Crippen molar-refractivity contribution in [3.05, 3.63) is 71.4 Å². The van der Waals surface area contributed by atoms with Crippen molar-refractivity contribution < 1.29 is 9.59 Å². The first-order valence-electron chi connectivity index (χ1n) is 12.2. The second-order valence-corrected chi connectivity index (χ2v) is 8.78. The standard InChI is InChI=1S/C28H36N6O2/c1-4-25(26-9-5-7-24(17-26)21-32(3)28(36)18-29)20-30-22(2)33-12-14-34(15-13-33)27-11-10-23(19-31-27)8-6-16-35/h4-11,16-17,19-20,22H,12-15,18,21,29H2,1-3H3/b8-6+,25-4+,30-20?. The number of rotatable bonds is 10. The smallest absolute Gasteiger partial charge is 0.236 e. The Balaban J connectivity index is 1.56. The van der Waals surface area contributed by atoms with Crippen molar-refractivity contribution in [1.82, 2.24) is 14.8 Å². The van der Waals surface area contributed by atoms with Crippen molar-refractivity contribution in [2.45, 2.75) is 26.6 Å². The zero-order chi connectivity index (χ0) is 25.9. The number of carbonyl (C=O) groups is 2. The SMILES string of the molecule is C/C=C(\C=NC(C)N1CCN(c2ccc(/C=C/C=O)cn2)CC1)c1cccc(CN(C)C(=O)CN)c1. The second kappa shape index (κ2) is 13.5. The fourth-order valence-corrected chi connectivity index (χ4v) is 4.12. The summed E-state index contributed by atoms with van der Waals surface area (Å²) in [5.41, 5.74) is 9.55. The highest BCUT2D eigenvalue weighted by Gasteiger charge is 2.21. The Kier molecular flexibility index (Phi) is 10.1. The van der Waals surface area contributed by atoms with Crippen LogP contribution in [-0.2, 0) is 16.1 Å². The number of anilines is 1. The average molecular weight is 489 g/mol. The van der Waals surface area contributed by atoms with Gasteiger partial charge in [-0.1, -0.05) is 30.4 Å². The van der Waals surface area contributed by atoms with Crippen molar-refractivity contribution in [3.8, 4) is 0 Å². The number of aldehydes is 1. The predicted molar refractivity (Wildman–Crippen MR) is 147 cm³/mol. The first-order chi connectivity index (χ1) is 17.4. The number of pyridine rings is 1. The molecule has 1 aromatic carbocycles. The normalized spacial score (nSPS) is 16.0. The van der Waals surface area contributed by atoms with Crippen molar-refractivity contribution in [1.29, 1.82) is 0 Å². The highest BCUT2D eigenvalue weighted by Crippen LogP contribution is 2.18. The molecule has 1 unspecified atom stereocenters. The third-order valence-electron chi connectivity index (χ3n) is 6.33. The van der Waals surface area contributed by atoms with Crippen LogP contribution in [0.2, 0.25) is 0 Å². The van der Waals surface area contributed by atoms with Gasteiger partial charge in [-0.3, -0.25) is 19.5 Å². The van der Waals surface area contributed by atoms with Crippen LogP contribution in [0.25, 0.3) is 11.6 Å². The molecule has 1 saturated heterocycles. The summed E-state index contributed by atoms with van der Waals surface area (Å²) in [6.45, 7) is 8.21. The summed E-state index contributed by atoms with van der Waals surface area (Å²) in [4.78, 5) is 38.0. The molecule has 2 heterocycles. The first-order valence-corrected chi connectivity index (χ1v) is 12.2. The van der Waals surface area contributed by atoms with Crippen LogP contribution >= 0.6 is 0 Å². The van der Waals surface area contributed by atoms with Crippen molar-refractivity contribution in [2.75, 3.05) is 44.7 Å². The van der Waals surface area contributed by atoms with Crippen molar-refractivity contribution in [3.63, 3.8) is 0 Å². The topological polar surface area (TPSA) is 95.1 Å². The van der Waals surface area contributed by atoms with E-state index in [4.69, 9.17) is 10.7 Å². The molecule has 0 aliphatic carbocycles. The van der Waals surface area contributed by atoms with E-state index in [9.17, 15) is 9.59 Å². The number of likely N-dealkylation sites (N-methyl/N-ethyl adjacent to an activating group) is 1. The Morgan fingerprint density at radius 2 is 2.00 bits per heavy atom. The van der Waals surface area contributed by atoms with Crippen LogP contribution in [0.3, 0.4) is 0 Å². The molecule has 1 fully saturated rings. The van der Waals surface area contributed by atoms with Crippen LogP contribution in [0.5, 0.6) is 0 Å². The number of carbonyl (C=O) groups excluding carboxylic acids is 2. The number of piperazine rings is 1. The highest BCUT2D eigenvalue weighted by atomic mass is 16.2. The molecule has 8 heteroatoms. The molecule has 0 bridgehead atoms. The minimum atomic E-state index is -0.0818. The van der Waals surface area contributed by atoms with Gasteiger partial charge in [0.1, 0.15) is 12.1 Å². The molecule has 1 aliphatic rings. The molecular weight excluding hydrogens is 452 g/mol. The van der Waals surface area contributed by atoms with E-state index in [0.29, 0.717) is 6.54 Å². The third-order valence-corrected chi connectivity index (χ3v) is 6.33. The van der Waals surface area contributed by atoms with Crippen molar-refractivity contribution >= 4 is 35.9 Å². The molecule has 190 valence electrons. The molecular formula is C28H36N6O2. The fraction of sp³-hybridized carbons (Fsp3) is 0.357. The van der Waals surface area contributed by atoms with Crippen LogP contribution in [0, 0.1) is 0 Å². The quantitative estimate of drug-likeness (QED) is 0.314. The van der Waals surface area contributed by atoms with Gasteiger partial charge in [-0.05, 0) is 60.4 Å². The molecule has 8 nitrogen and oxygen atoms in total. The maximum Gasteiger partial charge on any atom is 0.236 e. The number of nitrogens with zero attached hydrogens (tertiary/aromatic N) is 5. The minimum absolute atomic E-state index is 0.0119. The molecule has 0 radical (unpaired) electrons. The molecule has 2 N–H and O–H groups in total. The largest absolute Gasteiger partial charge is 0.354 e. The lowest BCUT2D eigenvalue weighted by atomic mass is 10.0. The van der Waals surface area contributed by atoms with Gasteiger partial charge in [0.05, 0.1) is 12.7 Å². The predicted octanol–water partition coefficient (Wildman–Crippen LogP) is 2.85. The van der Waals surface area contributed by atoms with Crippen LogP contribution < -0.4 is 10.6 Å². The van der Waals surface area contributed by atoms with E-state index in [1.54, 1.807) is 24.2 Å². The summed E-state index contributed by atoms with van der Waals surface area (Å²) in [5, 5.41) is 0. The van der Waals surface area contributed by atoms with Crippen LogP contribution in [0.1, 0.15) is 30.5 Å². The summed E-state index contributed by atoms with van der Waals surface area (Å²) in [7, 11) is 1.76. The molecule has 36 heavy (non-hydrogen) atoms. The molecule has 3 rings (SSSR count). The maximum absolute atomic E-state index is 11.8. The Labute approximate surface area is 213 Å². The lowest BCUT2D eigenvalue weighted by molar-refractivity contribution is -0.128. The van der Waals surface area contributed by atoms with Crippen LogP contribution in [-0.4, -0.2) is 79.1 Å². The van der Waals surface area contributed by atoms with E-state index in [1.807, 2.05) is 37.4 Å². The molecule has 1 aromatic heterocycles. The molecule has 1 aliphatic heterocycles. The Bertz CT molecular complexity index is 1100. The Morgan fingerprint density at radius 1 is 1.22 bits per heavy atom. The zero-order valence-corrected chi connectivity index (χ0v) is 21.4. The van der Waals surface area contributed by atoms with E-state index >= 15 is 0 Å². The third kappa shape index (κ3) is 7.44. The van der Waals surface area contributed by atoms with E-state index in [2.05, 4.69) is 39.9 Å². The number of allylic oxidation sites excluding steroid dienone is 3. The van der Waals surface area contributed by atoms with Crippen LogP contribution in [0.4, 0.5) is 5.82 Å². The Morgan fingerprint density at radius 3 is 2.64 bits per heavy atom. The lowest BCUT2D eigenvalue weighted by Gasteiger charge is -2.37. The van der Waals surface area contributed by atoms with E-state index in [-0.39, 0.29) is 18.6 Å². The van der Waals surface area contributed by atoms with E-state index in [1.165, 1.54) is 6.08 Å². The van der Waals surface area contributed by atoms with Gasteiger partial charge in [-0.2, -0.15) is 0 Å². The maximum atomic E-state index is 11.8. The van der Waals surface area contributed by atoms with Gasteiger partial charge in [0.25, 0.3) is 0 Å². The minimum Gasteiger partial charge on any atom is -0.354 e. The second-order valence-electron chi connectivity index (χ2n) is 8.78. The van der Waals surface area contributed by atoms with Gasteiger partial charge in [0, 0.05) is 52.2 Å². The number of benzene rings is 1. The van der Waals surface area contributed by atoms with Gasteiger partial charge < -0.3 is 15.5 Å². The molecule has 1 atom stereocenters. The highest BCUT2D eigenvalue weighted by molar-refractivity contribution is 6.09. The lowest BCUT2D eigenvalue weighted by Crippen LogP contribution is -2.49. The van der Waals surface area contributed by atoms with Gasteiger partial charge in [0.2, 0.25) is 5.91 Å². The summed E-state index contributed by atoms with van der Waals surface area (Å²) in [5.74, 6) is 0.866. The Hall–Kier alpha value is -3.62. The molecule has 0 spiro atoms. The number of nitrogens with two attached hydrogens (primary N) is 1. The number of hydrogen-bond donors (Lipinski definition) is 1. The first kappa shape index (κ1) is 27.0.